The van der Waals surface area contributed by atoms with Crippen molar-refractivity contribution in [2.45, 2.75) is 37.5 Å². The highest BCUT2D eigenvalue weighted by atomic mass is 32.2. The fourth-order valence-corrected chi connectivity index (χ4v) is 5.78. The van der Waals surface area contributed by atoms with Gasteiger partial charge in [-0.15, -0.1) is 0 Å². The van der Waals surface area contributed by atoms with Gasteiger partial charge < -0.3 is 14.5 Å². The Balaban J connectivity index is 1.47. The number of ether oxygens (including phenoxy) is 1. The molecule has 1 N–H and O–H groups in total. The summed E-state index contributed by atoms with van der Waals surface area (Å²) < 4.78 is 33.8. The summed E-state index contributed by atoms with van der Waals surface area (Å²) in [4.78, 5) is 5.06. The van der Waals surface area contributed by atoms with Gasteiger partial charge in [-0.05, 0) is 82.4 Å². The fraction of sp³-hybridized carbons (Fsp3) is 0.500. The highest BCUT2D eigenvalue weighted by molar-refractivity contribution is 7.92. The predicted molar refractivity (Wildman–Crippen MR) is 126 cm³/mol. The van der Waals surface area contributed by atoms with Gasteiger partial charge in [0, 0.05) is 24.8 Å². The molecule has 7 heteroatoms. The molecule has 2 aromatic rings. The minimum atomic E-state index is -3.67. The molecule has 0 unspecified atom stereocenters. The molecule has 2 heterocycles. The van der Waals surface area contributed by atoms with E-state index in [1.807, 2.05) is 19.1 Å². The maximum absolute atomic E-state index is 12.8. The molecule has 0 aromatic heterocycles. The van der Waals surface area contributed by atoms with Crippen molar-refractivity contribution in [3.8, 4) is 5.75 Å². The van der Waals surface area contributed by atoms with Gasteiger partial charge in [-0.1, -0.05) is 17.7 Å². The van der Waals surface area contributed by atoms with E-state index in [1.54, 1.807) is 37.4 Å². The van der Waals surface area contributed by atoms with Crippen LogP contribution in [0, 0.1) is 12.3 Å². The Morgan fingerprint density at radius 1 is 0.935 bits per heavy atom. The lowest BCUT2D eigenvalue weighted by atomic mass is 9.71. The van der Waals surface area contributed by atoms with E-state index in [4.69, 9.17) is 4.74 Å². The minimum absolute atomic E-state index is 0.240. The number of benzene rings is 2. The number of anilines is 2. The largest absolute Gasteiger partial charge is 0.494 e. The molecule has 2 aromatic carbocycles. The van der Waals surface area contributed by atoms with Gasteiger partial charge in [-0.25, -0.2) is 8.42 Å². The Labute approximate surface area is 186 Å². The van der Waals surface area contributed by atoms with E-state index in [9.17, 15) is 8.42 Å². The smallest absolute Gasteiger partial charge is 0.262 e. The average Bonchev–Trinajstić information content (AvgIpc) is 2.77. The van der Waals surface area contributed by atoms with Crippen LogP contribution in [0.3, 0.4) is 0 Å². The molecule has 0 radical (unpaired) electrons. The monoisotopic (exact) mass is 443 g/mol. The van der Waals surface area contributed by atoms with Crippen molar-refractivity contribution in [3.63, 3.8) is 0 Å². The zero-order valence-electron chi connectivity index (χ0n) is 18.7. The van der Waals surface area contributed by atoms with Crippen LogP contribution in [0.15, 0.2) is 47.4 Å². The summed E-state index contributed by atoms with van der Waals surface area (Å²) in [7, 11) is 0.116. The molecule has 2 saturated heterocycles. The SMILES string of the molecule is COc1cc(N2CCC3(CCN(C)CC3)CC2)ccc1NS(=O)(=O)c1ccc(C)cc1. The van der Waals surface area contributed by atoms with E-state index in [0.717, 1.165) is 24.3 Å². The molecule has 1 spiro atoms. The van der Waals surface area contributed by atoms with Gasteiger partial charge in [-0.2, -0.15) is 0 Å². The predicted octanol–water partition coefficient (Wildman–Crippen LogP) is 4.12. The number of piperidine rings is 2. The molecule has 0 aliphatic carbocycles. The topological polar surface area (TPSA) is 61.9 Å². The summed E-state index contributed by atoms with van der Waals surface area (Å²) in [6, 6.07) is 12.6. The van der Waals surface area contributed by atoms with Crippen LogP contribution in [0.2, 0.25) is 0 Å². The first-order valence-electron chi connectivity index (χ1n) is 11.0. The third kappa shape index (κ3) is 4.83. The molecule has 0 bridgehead atoms. The second kappa shape index (κ2) is 8.71. The zero-order valence-corrected chi connectivity index (χ0v) is 19.5. The van der Waals surface area contributed by atoms with Crippen LogP contribution in [0.25, 0.3) is 0 Å². The first kappa shape index (κ1) is 22.0. The van der Waals surface area contributed by atoms with Crippen LogP contribution in [0.4, 0.5) is 11.4 Å². The quantitative estimate of drug-likeness (QED) is 0.753. The summed E-state index contributed by atoms with van der Waals surface area (Å²) in [5.74, 6) is 0.535. The fourth-order valence-electron chi connectivity index (χ4n) is 4.71. The van der Waals surface area contributed by atoms with E-state index < -0.39 is 10.0 Å². The lowest BCUT2D eigenvalue weighted by Crippen LogP contribution is -2.46. The molecule has 6 nitrogen and oxygen atoms in total. The van der Waals surface area contributed by atoms with E-state index in [-0.39, 0.29) is 4.90 Å². The van der Waals surface area contributed by atoms with Crippen molar-refractivity contribution in [3.05, 3.63) is 48.0 Å². The molecule has 0 atom stereocenters. The molecule has 0 amide bonds. The molecule has 31 heavy (non-hydrogen) atoms. The Bertz CT molecular complexity index is 1000. The van der Waals surface area contributed by atoms with E-state index in [2.05, 4.69) is 21.6 Å². The van der Waals surface area contributed by atoms with Gasteiger partial charge in [0.15, 0.2) is 0 Å². The number of methoxy groups -OCH3 is 1. The van der Waals surface area contributed by atoms with Gasteiger partial charge >= 0.3 is 0 Å². The Morgan fingerprint density at radius 3 is 2.16 bits per heavy atom. The lowest BCUT2D eigenvalue weighted by molar-refractivity contribution is 0.0945. The van der Waals surface area contributed by atoms with Crippen molar-refractivity contribution in [1.29, 1.82) is 0 Å². The van der Waals surface area contributed by atoms with Gasteiger partial charge in [0.05, 0.1) is 17.7 Å². The molecule has 2 aliphatic rings. The van der Waals surface area contributed by atoms with E-state index >= 15 is 0 Å². The number of nitrogens with one attached hydrogen (secondary N) is 1. The first-order valence-corrected chi connectivity index (χ1v) is 12.5. The Morgan fingerprint density at radius 2 is 1.55 bits per heavy atom. The number of likely N-dealkylation sites (tertiary alicyclic amines) is 1. The van der Waals surface area contributed by atoms with Gasteiger partial charge in [-0.3, -0.25) is 4.72 Å². The summed E-state index contributed by atoms with van der Waals surface area (Å²) in [5, 5.41) is 0. The summed E-state index contributed by atoms with van der Waals surface area (Å²) in [5.41, 5.74) is 3.05. The maximum Gasteiger partial charge on any atom is 0.262 e. The highest BCUT2D eigenvalue weighted by Gasteiger charge is 2.37. The van der Waals surface area contributed by atoms with Gasteiger partial charge in [0.25, 0.3) is 10.0 Å². The second-order valence-electron chi connectivity index (χ2n) is 9.09. The van der Waals surface area contributed by atoms with Crippen LogP contribution >= 0.6 is 0 Å². The van der Waals surface area contributed by atoms with Crippen LogP contribution < -0.4 is 14.4 Å². The van der Waals surface area contributed by atoms with Crippen molar-refractivity contribution < 1.29 is 13.2 Å². The maximum atomic E-state index is 12.8. The number of rotatable bonds is 5. The van der Waals surface area contributed by atoms with Crippen LogP contribution in [0.5, 0.6) is 5.75 Å². The molecule has 4 rings (SSSR count). The van der Waals surface area contributed by atoms with Crippen LogP contribution in [-0.4, -0.2) is 53.7 Å². The van der Waals surface area contributed by atoms with Crippen molar-refractivity contribution in [1.82, 2.24) is 4.90 Å². The summed E-state index contributed by atoms with van der Waals surface area (Å²) in [6.45, 7) is 6.39. The standard InChI is InChI=1S/C24H33N3O3S/c1-19-4-7-21(8-5-19)31(28,29)25-22-9-6-20(18-23(22)30-3)27-16-12-24(13-17-27)10-14-26(2)15-11-24/h4-9,18,25H,10-17H2,1-3H3. The average molecular weight is 444 g/mol. The zero-order chi connectivity index (χ0) is 22.1. The van der Waals surface area contributed by atoms with Gasteiger partial charge in [0.1, 0.15) is 5.75 Å². The minimum Gasteiger partial charge on any atom is -0.494 e. The molecule has 168 valence electrons. The van der Waals surface area contributed by atoms with E-state index in [0.29, 0.717) is 16.9 Å². The number of sulfonamides is 1. The molecular formula is C24H33N3O3S. The number of hydrogen-bond acceptors (Lipinski definition) is 5. The third-order valence-corrected chi connectivity index (χ3v) is 8.38. The summed E-state index contributed by atoms with van der Waals surface area (Å²) >= 11 is 0. The van der Waals surface area contributed by atoms with Crippen LogP contribution in [0.1, 0.15) is 31.2 Å². The van der Waals surface area contributed by atoms with Gasteiger partial charge in [0.2, 0.25) is 0 Å². The normalized spacial score (nSPS) is 19.4. The van der Waals surface area contributed by atoms with Crippen LogP contribution in [-0.2, 0) is 10.0 Å². The van der Waals surface area contributed by atoms with E-state index in [1.165, 1.54) is 38.8 Å². The van der Waals surface area contributed by atoms with Crippen molar-refractivity contribution in [2.24, 2.45) is 5.41 Å². The first-order chi connectivity index (χ1) is 14.8. The van der Waals surface area contributed by atoms with Crippen molar-refractivity contribution >= 4 is 21.4 Å². The summed E-state index contributed by atoms with van der Waals surface area (Å²) in [6.07, 6.45) is 5.01. The number of nitrogens with zero attached hydrogens (tertiary/aromatic N) is 2. The lowest BCUT2D eigenvalue weighted by Gasteiger charge is -2.47. The van der Waals surface area contributed by atoms with Crippen molar-refractivity contribution in [2.75, 3.05) is 50.0 Å². The molecule has 2 fully saturated rings. The highest BCUT2D eigenvalue weighted by Crippen LogP contribution is 2.42. The molecule has 2 aliphatic heterocycles. The Hall–Kier alpha value is -2.25. The molecule has 0 saturated carbocycles. The molecular weight excluding hydrogens is 410 g/mol. The third-order valence-electron chi connectivity index (χ3n) is 7.00. The Kier molecular flexibility index (Phi) is 6.17. The second-order valence-corrected chi connectivity index (χ2v) is 10.8. The number of hydrogen-bond donors (Lipinski definition) is 1. The number of aryl methyl sites for hydroxylation is 1.